The zero-order valence-corrected chi connectivity index (χ0v) is 27.3. The first kappa shape index (κ1) is 28.8. The maximum atomic E-state index is 2.50. The summed E-state index contributed by atoms with van der Waals surface area (Å²) in [5.41, 5.74) is 12.9. The fourth-order valence-corrected chi connectivity index (χ4v) is 7.48. The van der Waals surface area contributed by atoms with E-state index in [0.29, 0.717) is 0 Å². The summed E-state index contributed by atoms with van der Waals surface area (Å²) in [4.78, 5) is 2.50. The Morgan fingerprint density at radius 1 is 0.408 bits per heavy atom. The van der Waals surface area contributed by atoms with E-state index in [-0.39, 0.29) is 0 Å². The van der Waals surface area contributed by atoms with Crippen LogP contribution >= 0.6 is 0 Å². The average molecular weight is 627 g/mol. The summed E-state index contributed by atoms with van der Waals surface area (Å²) in [5, 5.41) is 4.91. The number of benzene rings is 8. The molecule has 0 fully saturated rings. The minimum absolute atomic E-state index is 1.13. The molecule has 1 aromatic heterocycles. The fourth-order valence-electron chi connectivity index (χ4n) is 7.48. The van der Waals surface area contributed by atoms with Crippen LogP contribution in [0.2, 0.25) is 0 Å². The highest BCUT2D eigenvalue weighted by Gasteiger charge is 2.25. The molecule has 0 spiro atoms. The van der Waals surface area contributed by atoms with Crippen molar-refractivity contribution in [2.75, 3.05) is 4.90 Å². The van der Waals surface area contributed by atoms with Gasteiger partial charge in [0.1, 0.15) is 0 Å². The summed E-state index contributed by atoms with van der Waals surface area (Å²) in [6.45, 7) is 2.19. The predicted molar refractivity (Wildman–Crippen MR) is 209 cm³/mol. The van der Waals surface area contributed by atoms with Gasteiger partial charge in [0.25, 0.3) is 0 Å². The van der Waals surface area contributed by atoms with E-state index in [9.17, 15) is 0 Å². The summed E-state index contributed by atoms with van der Waals surface area (Å²) in [5.74, 6) is 0. The topological polar surface area (TPSA) is 8.17 Å². The van der Waals surface area contributed by atoms with E-state index in [4.69, 9.17) is 0 Å². The Labute approximate surface area is 286 Å². The third-order valence-corrected chi connectivity index (χ3v) is 9.63. The van der Waals surface area contributed by atoms with E-state index in [1.807, 2.05) is 0 Å². The second kappa shape index (κ2) is 12.0. The molecule has 0 saturated heterocycles. The van der Waals surface area contributed by atoms with Crippen molar-refractivity contribution in [3.05, 3.63) is 194 Å². The first-order chi connectivity index (χ1) is 24.3. The monoisotopic (exact) mass is 626 g/mol. The van der Waals surface area contributed by atoms with Crippen molar-refractivity contribution in [3.63, 3.8) is 0 Å². The van der Waals surface area contributed by atoms with Crippen LogP contribution in [0.15, 0.2) is 188 Å². The van der Waals surface area contributed by atoms with Crippen LogP contribution in [0, 0.1) is 6.92 Å². The SMILES string of the molecule is Cc1ccc(N(c2ccccc2-c2ccccc2)c2cccc3c2c2ccccc2n3-c2ccccc2)c(-c2cccc3ccccc23)c1. The first-order valence-electron chi connectivity index (χ1n) is 16.9. The molecule has 0 atom stereocenters. The van der Waals surface area contributed by atoms with E-state index in [1.54, 1.807) is 0 Å². The van der Waals surface area contributed by atoms with Gasteiger partial charge in [-0.15, -0.1) is 0 Å². The van der Waals surface area contributed by atoms with E-state index in [0.717, 1.165) is 22.7 Å². The van der Waals surface area contributed by atoms with Gasteiger partial charge >= 0.3 is 0 Å². The molecule has 0 amide bonds. The van der Waals surface area contributed by atoms with Crippen molar-refractivity contribution in [2.24, 2.45) is 0 Å². The van der Waals surface area contributed by atoms with Crippen molar-refractivity contribution in [1.29, 1.82) is 0 Å². The van der Waals surface area contributed by atoms with E-state index in [2.05, 4.69) is 204 Å². The van der Waals surface area contributed by atoms with Gasteiger partial charge in [-0.25, -0.2) is 0 Å². The van der Waals surface area contributed by atoms with Gasteiger partial charge in [0.05, 0.1) is 28.1 Å². The zero-order chi connectivity index (χ0) is 32.7. The Morgan fingerprint density at radius 2 is 1.00 bits per heavy atom. The molecule has 0 saturated carbocycles. The number of anilines is 3. The van der Waals surface area contributed by atoms with E-state index < -0.39 is 0 Å². The Balaban J connectivity index is 1.42. The largest absolute Gasteiger partial charge is 0.309 e. The standard InChI is InChI=1S/C47H34N2/c1-33-30-31-44(41(32-33)39-25-14-19-34-18-8-9-22-37(34)39)49(42-26-12-10-23-38(42)35-16-4-2-5-17-35)46-29-15-28-45-47(46)40-24-11-13-27-43(40)48(45)36-20-6-3-7-21-36/h2-32H,1H3. The molecule has 1 heterocycles. The van der Waals surface area contributed by atoms with Crippen LogP contribution < -0.4 is 4.90 Å². The molecule has 0 aliphatic rings. The van der Waals surface area contributed by atoms with Crippen molar-refractivity contribution >= 4 is 49.6 Å². The van der Waals surface area contributed by atoms with E-state index >= 15 is 0 Å². The van der Waals surface area contributed by atoms with Crippen LogP contribution in [0.3, 0.4) is 0 Å². The molecule has 0 aliphatic heterocycles. The van der Waals surface area contributed by atoms with Gasteiger partial charge < -0.3 is 9.47 Å². The molecule has 2 nitrogen and oxygen atoms in total. The van der Waals surface area contributed by atoms with Crippen molar-refractivity contribution in [2.45, 2.75) is 6.92 Å². The Bertz CT molecular complexity index is 2610. The second-order valence-electron chi connectivity index (χ2n) is 12.6. The molecule has 0 aliphatic carbocycles. The van der Waals surface area contributed by atoms with Crippen LogP contribution in [-0.2, 0) is 0 Å². The molecule has 9 aromatic rings. The van der Waals surface area contributed by atoms with Crippen LogP contribution in [0.5, 0.6) is 0 Å². The second-order valence-corrected chi connectivity index (χ2v) is 12.6. The zero-order valence-electron chi connectivity index (χ0n) is 27.3. The van der Waals surface area contributed by atoms with Crippen LogP contribution in [0.25, 0.3) is 60.5 Å². The van der Waals surface area contributed by atoms with E-state index in [1.165, 1.54) is 60.4 Å². The lowest BCUT2D eigenvalue weighted by molar-refractivity contribution is 1.18. The van der Waals surface area contributed by atoms with Crippen molar-refractivity contribution < 1.29 is 0 Å². The number of hydrogen-bond acceptors (Lipinski definition) is 1. The normalized spacial score (nSPS) is 11.4. The summed E-state index contributed by atoms with van der Waals surface area (Å²) in [6.07, 6.45) is 0. The average Bonchev–Trinajstić information content (AvgIpc) is 3.51. The quantitative estimate of drug-likeness (QED) is 0.178. The maximum absolute atomic E-state index is 2.50. The van der Waals surface area contributed by atoms with Gasteiger partial charge in [-0.3, -0.25) is 0 Å². The molecule has 232 valence electrons. The number of aryl methyl sites for hydroxylation is 1. The molecule has 0 unspecified atom stereocenters. The smallest absolute Gasteiger partial charge is 0.0562 e. The number of nitrogens with zero attached hydrogens (tertiary/aromatic N) is 2. The van der Waals surface area contributed by atoms with Gasteiger partial charge in [-0.05, 0) is 77.4 Å². The van der Waals surface area contributed by atoms with Gasteiger partial charge in [0.2, 0.25) is 0 Å². The lowest BCUT2D eigenvalue weighted by atomic mass is 9.94. The number of rotatable bonds is 6. The van der Waals surface area contributed by atoms with Gasteiger partial charge in [0.15, 0.2) is 0 Å². The highest BCUT2D eigenvalue weighted by atomic mass is 15.2. The third kappa shape index (κ3) is 4.89. The molecule has 8 aromatic carbocycles. The van der Waals surface area contributed by atoms with Gasteiger partial charge in [0, 0.05) is 27.6 Å². The highest BCUT2D eigenvalue weighted by Crippen LogP contribution is 2.49. The number of hydrogen-bond donors (Lipinski definition) is 0. The van der Waals surface area contributed by atoms with Crippen LogP contribution in [0.1, 0.15) is 5.56 Å². The third-order valence-electron chi connectivity index (χ3n) is 9.63. The molecular formula is C47H34N2. The minimum Gasteiger partial charge on any atom is -0.309 e. The maximum Gasteiger partial charge on any atom is 0.0562 e. The Kier molecular flexibility index (Phi) is 7.06. The molecule has 49 heavy (non-hydrogen) atoms. The first-order valence-corrected chi connectivity index (χ1v) is 16.9. The lowest BCUT2D eigenvalue weighted by Gasteiger charge is -2.31. The number of aromatic nitrogens is 1. The lowest BCUT2D eigenvalue weighted by Crippen LogP contribution is -2.13. The fraction of sp³-hybridized carbons (Fsp3) is 0.0213. The minimum atomic E-state index is 1.13. The Morgan fingerprint density at radius 3 is 1.86 bits per heavy atom. The highest BCUT2D eigenvalue weighted by molar-refractivity contribution is 6.17. The Hall–Kier alpha value is -6.38. The summed E-state index contributed by atoms with van der Waals surface area (Å²) < 4.78 is 2.40. The molecule has 9 rings (SSSR count). The molecule has 0 N–H and O–H groups in total. The molecule has 2 heteroatoms. The predicted octanol–water partition coefficient (Wildman–Crippen LogP) is 13.0. The number of fused-ring (bicyclic) bond motifs is 4. The van der Waals surface area contributed by atoms with Gasteiger partial charge in [-0.1, -0.05) is 145 Å². The number of para-hydroxylation sites is 3. The van der Waals surface area contributed by atoms with Crippen LogP contribution in [-0.4, -0.2) is 4.57 Å². The summed E-state index contributed by atoms with van der Waals surface area (Å²) in [6, 6.07) is 68.1. The van der Waals surface area contributed by atoms with Gasteiger partial charge in [-0.2, -0.15) is 0 Å². The summed E-state index contributed by atoms with van der Waals surface area (Å²) >= 11 is 0. The molecule has 0 radical (unpaired) electrons. The molecular weight excluding hydrogens is 593 g/mol. The van der Waals surface area contributed by atoms with Crippen molar-refractivity contribution in [3.8, 4) is 27.9 Å². The van der Waals surface area contributed by atoms with Crippen LogP contribution in [0.4, 0.5) is 17.1 Å². The molecule has 0 bridgehead atoms. The summed E-state index contributed by atoms with van der Waals surface area (Å²) in [7, 11) is 0. The van der Waals surface area contributed by atoms with Crippen molar-refractivity contribution in [1.82, 2.24) is 4.57 Å².